The molecule has 0 aliphatic rings. The monoisotopic (exact) mass is 222 g/mol. The number of aromatic carboxylic acids is 1. The number of carbonyl (C=O) groups excluding carboxylic acids is 1. The van der Waals surface area contributed by atoms with E-state index in [4.69, 9.17) is 9.84 Å². The van der Waals surface area contributed by atoms with E-state index in [1.54, 1.807) is 13.8 Å². The average molecular weight is 222 g/mol. The summed E-state index contributed by atoms with van der Waals surface area (Å²) in [6, 6.07) is 4.25. The molecular formula is C12H14O4. The molecule has 1 N–H and O–H groups in total. The minimum atomic E-state index is -1.04. The molecule has 1 aromatic rings. The van der Waals surface area contributed by atoms with Gasteiger partial charge in [0, 0.05) is 5.92 Å². The van der Waals surface area contributed by atoms with Crippen LogP contribution in [0.4, 0.5) is 0 Å². The highest BCUT2D eigenvalue weighted by Gasteiger charge is 2.17. The lowest BCUT2D eigenvalue weighted by molar-refractivity contribution is 0.0695. The second-order valence-electron chi connectivity index (χ2n) is 3.74. The van der Waals surface area contributed by atoms with Crippen LogP contribution in [0, 0.1) is 5.92 Å². The summed E-state index contributed by atoms with van der Waals surface area (Å²) in [6.07, 6.45) is 0. The molecule has 4 heteroatoms. The minimum absolute atomic E-state index is 0.0613. The van der Waals surface area contributed by atoms with E-state index in [0.29, 0.717) is 11.3 Å². The summed E-state index contributed by atoms with van der Waals surface area (Å²) in [6.45, 7) is 3.57. The van der Waals surface area contributed by atoms with Gasteiger partial charge in [-0.3, -0.25) is 4.79 Å². The Morgan fingerprint density at radius 2 is 1.94 bits per heavy atom. The van der Waals surface area contributed by atoms with Crippen LogP contribution in [0.3, 0.4) is 0 Å². The van der Waals surface area contributed by atoms with E-state index in [1.807, 2.05) is 0 Å². The molecule has 0 amide bonds. The van der Waals surface area contributed by atoms with Crippen LogP contribution in [0.25, 0.3) is 0 Å². The molecule has 0 radical (unpaired) electrons. The lowest BCUT2D eigenvalue weighted by Gasteiger charge is -2.10. The lowest BCUT2D eigenvalue weighted by atomic mass is 9.99. The average Bonchev–Trinajstić information content (AvgIpc) is 2.26. The number of carboxylic acids is 1. The van der Waals surface area contributed by atoms with Crippen molar-refractivity contribution in [3.8, 4) is 5.75 Å². The van der Waals surface area contributed by atoms with Gasteiger partial charge in [0.25, 0.3) is 0 Å². The highest BCUT2D eigenvalue weighted by atomic mass is 16.5. The van der Waals surface area contributed by atoms with Crippen molar-refractivity contribution in [2.75, 3.05) is 7.11 Å². The molecule has 0 saturated heterocycles. The Hall–Kier alpha value is -1.84. The van der Waals surface area contributed by atoms with Gasteiger partial charge in [0.15, 0.2) is 5.78 Å². The van der Waals surface area contributed by atoms with E-state index in [-0.39, 0.29) is 17.3 Å². The van der Waals surface area contributed by atoms with Crippen molar-refractivity contribution < 1.29 is 19.4 Å². The van der Waals surface area contributed by atoms with Crippen molar-refractivity contribution in [1.82, 2.24) is 0 Å². The summed E-state index contributed by atoms with van der Waals surface area (Å²) >= 11 is 0. The third-order valence-electron chi connectivity index (χ3n) is 2.24. The quantitative estimate of drug-likeness (QED) is 0.793. The summed E-state index contributed by atoms with van der Waals surface area (Å²) in [5.41, 5.74) is 0.527. The molecule has 0 fully saturated rings. The molecule has 0 aliphatic carbocycles. The fraction of sp³-hybridized carbons (Fsp3) is 0.333. The molecule has 0 bridgehead atoms. The topological polar surface area (TPSA) is 63.6 Å². The number of carboxylic acid groups (broad SMARTS) is 1. The molecule has 1 rings (SSSR count). The maximum atomic E-state index is 11.8. The van der Waals surface area contributed by atoms with E-state index in [0.717, 1.165) is 0 Å². The van der Waals surface area contributed by atoms with Gasteiger partial charge in [0.2, 0.25) is 0 Å². The predicted molar refractivity (Wildman–Crippen MR) is 59.1 cm³/mol. The molecule has 0 aromatic heterocycles. The SMILES string of the molecule is COc1cc(C(=O)O)ccc1C(=O)C(C)C. The number of rotatable bonds is 4. The molecule has 0 saturated carbocycles. The Morgan fingerprint density at radius 3 is 2.38 bits per heavy atom. The number of hydrogen-bond acceptors (Lipinski definition) is 3. The van der Waals surface area contributed by atoms with Crippen molar-refractivity contribution in [3.05, 3.63) is 29.3 Å². The Morgan fingerprint density at radius 1 is 1.31 bits per heavy atom. The first kappa shape index (κ1) is 12.2. The molecule has 0 unspecified atom stereocenters. The number of hydrogen-bond donors (Lipinski definition) is 1. The zero-order valence-corrected chi connectivity index (χ0v) is 9.48. The van der Waals surface area contributed by atoms with E-state index < -0.39 is 5.97 Å². The first-order valence-corrected chi connectivity index (χ1v) is 4.93. The van der Waals surface area contributed by atoms with Gasteiger partial charge in [-0.25, -0.2) is 4.79 Å². The number of ether oxygens (including phenoxy) is 1. The van der Waals surface area contributed by atoms with Crippen LogP contribution >= 0.6 is 0 Å². The first-order valence-electron chi connectivity index (χ1n) is 4.93. The van der Waals surface area contributed by atoms with Gasteiger partial charge in [-0.1, -0.05) is 13.8 Å². The molecule has 1 aromatic carbocycles. The van der Waals surface area contributed by atoms with Crippen molar-refractivity contribution in [1.29, 1.82) is 0 Å². The standard InChI is InChI=1S/C12H14O4/c1-7(2)11(13)9-5-4-8(12(14)15)6-10(9)16-3/h4-7H,1-3H3,(H,14,15). The zero-order chi connectivity index (χ0) is 12.3. The van der Waals surface area contributed by atoms with Crippen molar-refractivity contribution in [2.24, 2.45) is 5.92 Å². The molecule has 0 aliphatic heterocycles. The predicted octanol–water partition coefficient (Wildman–Crippen LogP) is 2.23. The van der Waals surface area contributed by atoms with Crippen LogP contribution in [0.2, 0.25) is 0 Å². The van der Waals surface area contributed by atoms with Crippen LogP contribution in [0.5, 0.6) is 5.75 Å². The van der Waals surface area contributed by atoms with Crippen LogP contribution in [0.1, 0.15) is 34.6 Å². The third kappa shape index (κ3) is 2.39. The smallest absolute Gasteiger partial charge is 0.335 e. The van der Waals surface area contributed by atoms with Gasteiger partial charge in [-0.15, -0.1) is 0 Å². The van der Waals surface area contributed by atoms with Crippen molar-refractivity contribution >= 4 is 11.8 Å². The van der Waals surface area contributed by atoms with Gasteiger partial charge >= 0.3 is 5.97 Å². The largest absolute Gasteiger partial charge is 0.496 e. The summed E-state index contributed by atoms with van der Waals surface area (Å²) in [7, 11) is 1.41. The normalized spacial score (nSPS) is 10.2. The van der Waals surface area contributed by atoms with E-state index in [1.165, 1.54) is 25.3 Å². The second kappa shape index (κ2) is 4.79. The summed E-state index contributed by atoms with van der Waals surface area (Å²) in [5, 5.41) is 8.80. The van der Waals surface area contributed by atoms with E-state index >= 15 is 0 Å². The molecule has 4 nitrogen and oxygen atoms in total. The summed E-state index contributed by atoms with van der Waals surface area (Å²) in [4.78, 5) is 22.5. The van der Waals surface area contributed by atoms with E-state index in [9.17, 15) is 9.59 Å². The van der Waals surface area contributed by atoms with Crippen LogP contribution in [-0.2, 0) is 0 Å². The lowest BCUT2D eigenvalue weighted by Crippen LogP contribution is -2.10. The molecule has 0 atom stereocenters. The van der Waals surface area contributed by atoms with Crippen LogP contribution < -0.4 is 4.74 Å². The molecule has 0 spiro atoms. The second-order valence-corrected chi connectivity index (χ2v) is 3.74. The summed E-state index contributed by atoms with van der Waals surface area (Å²) < 4.78 is 5.02. The van der Waals surface area contributed by atoms with Gasteiger partial charge in [-0.05, 0) is 18.2 Å². The van der Waals surface area contributed by atoms with Crippen molar-refractivity contribution in [2.45, 2.75) is 13.8 Å². The van der Waals surface area contributed by atoms with Crippen molar-refractivity contribution in [3.63, 3.8) is 0 Å². The Bertz CT molecular complexity index is 421. The maximum absolute atomic E-state index is 11.8. The fourth-order valence-electron chi connectivity index (χ4n) is 1.34. The number of benzene rings is 1. The van der Waals surface area contributed by atoms with Gasteiger partial charge in [-0.2, -0.15) is 0 Å². The summed E-state index contributed by atoms with van der Waals surface area (Å²) in [5.74, 6) is -0.946. The number of Topliss-reactive ketones (excluding diaryl/α,β-unsaturated/α-hetero) is 1. The number of carbonyl (C=O) groups is 2. The van der Waals surface area contributed by atoms with Gasteiger partial charge in [0.1, 0.15) is 5.75 Å². The highest BCUT2D eigenvalue weighted by molar-refractivity contribution is 6.01. The maximum Gasteiger partial charge on any atom is 0.335 e. The van der Waals surface area contributed by atoms with Gasteiger partial charge in [0.05, 0.1) is 18.2 Å². The fourth-order valence-corrected chi connectivity index (χ4v) is 1.34. The number of ketones is 1. The van der Waals surface area contributed by atoms with Gasteiger partial charge < -0.3 is 9.84 Å². The van der Waals surface area contributed by atoms with Crippen LogP contribution in [-0.4, -0.2) is 24.0 Å². The Labute approximate surface area is 93.9 Å². The zero-order valence-electron chi connectivity index (χ0n) is 9.48. The highest BCUT2D eigenvalue weighted by Crippen LogP contribution is 2.23. The molecule has 0 heterocycles. The Kier molecular flexibility index (Phi) is 3.66. The number of methoxy groups -OCH3 is 1. The first-order chi connectivity index (χ1) is 7.47. The third-order valence-corrected chi connectivity index (χ3v) is 2.24. The molecule has 86 valence electrons. The minimum Gasteiger partial charge on any atom is -0.496 e. The molecular weight excluding hydrogens is 208 g/mol. The van der Waals surface area contributed by atoms with Crippen LogP contribution in [0.15, 0.2) is 18.2 Å². The molecule has 16 heavy (non-hydrogen) atoms. The van der Waals surface area contributed by atoms with E-state index in [2.05, 4.69) is 0 Å². The Balaban J connectivity index is 3.22.